The second kappa shape index (κ2) is 4.18. The molecule has 0 aliphatic carbocycles. The third-order valence-corrected chi connectivity index (χ3v) is 2.88. The molecule has 3 rings (SSSR count). The fourth-order valence-corrected chi connectivity index (χ4v) is 1.99. The maximum atomic E-state index is 11.7. The summed E-state index contributed by atoms with van der Waals surface area (Å²) in [6, 6.07) is 9.34. The van der Waals surface area contributed by atoms with Gasteiger partial charge < -0.3 is 14.8 Å². The largest absolute Gasteiger partial charge is 0.433 e. The van der Waals surface area contributed by atoms with Gasteiger partial charge in [-0.05, 0) is 0 Å². The molecular weight excluding hydrogens is 234 g/mol. The van der Waals surface area contributed by atoms with E-state index in [0.29, 0.717) is 18.6 Å². The van der Waals surface area contributed by atoms with Crippen LogP contribution >= 0.6 is 0 Å². The molecule has 2 aliphatic rings. The molecule has 18 heavy (non-hydrogen) atoms. The van der Waals surface area contributed by atoms with Crippen molar-refractivity contribution in [3.63, 3.8) is 0 Å². The van der Waals surface area contributed by atoms with Crippen molar-refractivity contribution >= 4 is 11.9 Å². The summed E-state index contributed by atoms with van der Waals surface area (Å²) < 4.78 is 10.2. The zero-order chi connectivity index (χ0) is 12.5. The number of rotatable bonds is 1. The van der Waals surface area contributed by atoms with Crippen molar-refractivity contribution in [2.75, 3.05) is 0 Å². The molecule has 5 nitrogen and oxygen atoms in total. The van der Waals surface area contributed by atoms with E-state index in [-0.39, 0.29) is 11.7 Å². The first-order valence-electron chi connectivity index (χ1n) is 5.70. The average Bonchev–Trinajstić information content (AvgIpc) is 2.97. The molecule has 0 saturated carbocycles. The average molecular weight is 245 g/mol. The zero-order valence-corrected chi connectivity index (χ0v) is 9.51. The van der Waals surface area contributed by atoms with Gasteiger partial charge in [-0.3, -0.25) is 4.79 Å². The summed E-state index contributed by atoms with van der Waals surface area (Å²) in [4.78, 5) is 22.7. The first-order valence-corrected chi connectivity index (χ1v) is 5.70. The predicted molar refractivity (Wildman–Crippen MR) is 60.8 cm³/mol. The number of benzene rings is 1. The van der Waals surface area contributed by atoms with Crippen LogP contribution in [0.15, 0.2) is 41.8 Å². The summed E-state index contributed by atoms with van der Waals surface area (Å²) in [6.07, 6.45) is 0.238. The van der Waals surface area contributed by atoms with Crippen LogP contribution in [0.2, 0.25) is 0 Å². The lowest BCUT2D eigenvalue weighted by molar-refractivity contribution is -0.139. The monoisotopic (exact) mass is 245 g/mol. The molecule has 1 unspecified atom stereocenters. The SMILES string of the molecule is O=C1CC/C(=C2\NC(c3ccccc3)OC2=O)O1. The van der Waals surface area contributed by atoms with Crippen molar-refractivity contribution in [2.24, 2.45) is 0 Å². The smallest absolute Gasteiger partial charge is 0.360 e. The summed E-state index contributed by atoms with van der Waals surface area (Å²) in [6.45, 7) is 0. The molecular formula is C13H11NO4. The lowest BCUT2D eigenvalue weighted by Crippen LogP contribution is -2.14. The number of carbonyl (C=O) groups is 2. The van der Waals surface area contributed by atoms with Gasteiger partial charge in [0.15, 0.2) is 11.9 Å². The minimum absolute atomic E-state index is 0.259. The van der Waals surface area contributed by atoms with Crippen LogP contribution in [-0.4, -0.2) is 11.9 Å². The van der Waals surface area contributed by atoms with Crippen molar-refractivity contribution in [1.82, 2.24) is 5.32 Å². The molecule has 5 heteroatoms. The number of esters is 2. The Labute approximate surface area is 103 Å². The topological polar surface area (TPSA) is 64.6 Å². The number of cyclic esters (lactones) is 2. The maximum Gasteiger partial charge on any atom is 0.360 e. The Morgan fingerprint density at radius 3 is 2.56 bits per heavy atom. The van der Waals surface area contributed by atoms with Gasteiger partial charge >= 0.3 is 11.9 Å². The highest BCUT2D eigenvalue weighted by molar-refractivity contribution is 5.91. The molecule has 0 amide bonds. The summed E-state index contributed by atoms with van der Waals surface area (Å²) >= 11 is 0. The van der Waals surface area contributed by atoms with E-state index < -0.39 is 12.2 Å². The van der Waals surface area contributed by atoms with E-state index in [9.17, 15) is 9.59 Å². The lowest BCUT2D eigenvalue weighted by Gasteiger charge is -2.09. The highest BCUT2D eigenvalue weighted by atomic mass is 16.6. The second-order valence-corrected chi connectivity index (χ2v) is 4.11. The van der Waals surface area contributed by atoms with Gasteiger partial charge in [-0.1, -0.05) is 30.3 Å². The summed E-state index contributed by atoms with van der Waals surface area (Å²) in [5, 5.41) is 2.95. The molecule has 1 atom stereocenters. The Bertz CT molecular complexity index is 535. The van der Waals surface area contributed by atoms with Crippen molar-refractivity contribution in [1.29, 1.82) is 0 Å². The van der Waals surface area contributed by atoms with E-state index in [4.69, 9.17) is 9.47 Å². The van der Waals surface area contributed by atoms with Gasteiger partial charge in [-0.2, -0.15) is 0 Å². The van der Waals surface area contributed by atoms with Gasteiger partial charge in [0.25, 0.3) is 0 Å². The molecule has 92 valence electrons. The molecule has 0 spiro atoms. The van der Waals surface area contributed by atoms with Crippen molar-refractivity contribution in [2.45, 2.75) is 19.1 Å². The number of ether oxygens (including phenoxy) is 2. The Hall–Kier alpha value is -2.30. The zero-order valence-electron chi connectivity index (χ0n) is 9.51. The van der Waals surface area contributed by atoms with Gasteiger partial charge in [0.05, 0.1) is 6.42 Å². The molecule has 0 bridgehead atoms. The molecule has 1 aromatic rings. The molecule has 1 aromatic carbocycles. The molecule has 1 N–H and O–H groups in total. The third kappa shape index (κ3) is 1.84. The van der Waals surface area contributed by atoms with Crippen molar-refractivity contribution in [3.05, 3.63) is 47.4 Å². The highest BCUT2D eigenvalue weighted by Crippen LogP contribution is 2.29. The second-order valence-electron chi connectivity index (χ2n) is 4.11. The van der Waals surface area contributed by atoms with E-state index in [1.807, 2.05) is 30.3 Å². The number of hydrogen-bond acceptors (Lipinski definition) is 5. The predicted octanol–water partition coefficient (Wildman–Crippen LogP) is 1.38. The van der Waals surface area contributed by atoms with Gasteiger partial charge in [0, 0.05) is 12.0 Å². The van der Waals surface area contributed by atoms with Crippen LogP contribution in [0, 0.1) is 0 Å². The molecule has 2 aliphatic heterocycles. The van der Waals surface area contributed by atoms with Crippen molar-refractivity contribution in [3.8, 4) is 0 Å². The standard InChI is InChI=1S/C13H11NO4/c15-10-7-6-9(17-10)11-13(16)18-12(14-11)8-4-2-1-3-5-8/h1-5,12,14H,6-7H2/b11-9+. The minimum Gasteiger partial charge on any atom is -0.433 e. The molecule has 0 radical (unpaired) electrons. The van der Waals surface area contributed by atoms with E-state index in [0.717, 1.165) is 5.56 Å². The quantitative estimate of drug-likeness (QED) is 0.598. The number of nitrogens with one attached hydrogen (secondary N) is 1. The Kier molecular flexibility index (Phi) is 2.51. The first kappa shape index (κ1) is 10.8. The molecule has 0 aromatic heterocycles. The summed E-state index contributed by atoms with van der Waals surface area (Å²) in [7, 11) is 0. The molecule has 2 heterocycles. The van der Waals surface area contributed by atoms with Crippen LogP contribution in [0.25, 0.3) is 0 Å². The maximum absolute atomic E-state index is 11.7. The van der Waals surface area contributed by atoms with Crippen LogP contribution in [0.5, 0.6) is 0 Å². The number of carbonyl (C=O) groups excluding carboxylic acids is 2. The normalized spacial score (nSPS) is 26.8. The van der Waals surface area contributed by atoms with Crippen LogP contribution < -0.4 is 5.32 Å². The molecule has 2 saturated heterocycles. The van der Waals surface area contributed by atoms with Crippen LogP contribution in [0.3, 0.4) is 0 Å². The van der Waals surface area contributed by atoms with Crippen LogP contribution in [0.4, 0.5) is 0 Å². The van der Waals surface area contributed by atoms with E-state index in [1.165, 1.54) is 0 Å². The Morgan fingerprint density at radius 1 is 1.11 bits per heavy atom. The van der Waals surface area contributed by atoms with Crippen LogP contribution in [-0.2, 0) is 19.1 Å². The number of hydrogen-bond donors (Lipinski definition) is 1. The Morgan fingerprint density at radius 2 is 1.89 bits per heavy atom. The lowest BCUT2D eigenvalue weighted by atomic mass is 10.2. The van der Waals surface area contributed by atoms with Gasteiger partial charge in [0.2, 0.25) is 0 Å². The third-order valence-electron chi connectivity index (χ3n) is 2.88. The number of allylic oxidation sites excluding steroid dienone is 1. The first-order chi connectivity index (χ1) is 8.74. The minimum atomic E-state index is -0.513. The van der Waals surface area contributed by atoms with Crippen molar-refractivity contribution < 1.29 is 19.1 Å². The summed E-state index contributed by atoms with van der Waals surface area (Å²) in [5.41, 5.74) is 1.11. The fraction of sp³-hybridized carbons (Fsp3) is 0.231. The fourth-order valence-electron chi connectivity index (χ4n) is 1.99. The van der Waals surface area contributed by atoms with E-state index in [1.54, 1.807) is 0 Å². The molecule has 2 fully saturated rings. The highest BCUT2D eigenvalue weighted by Gasteiger charge is 2.35. The van der Waals surface area contributed by atoms with Gasteiger partial charge in [0.1, 0.15) is 5.76 Å². The Balaban J connectivity index is 1.85. The van der Waals surface area contributed by atoms with Gasteiger partial charge in [-0.25, -0.2) is 4.79 Å². The van der Waals surface area contributed by atoms with E-state index in [2.05, 4.69) is 5.32 Å². The van der Waals surface area contributed by atoms with Crippen LogP contribution in [0.1, 0.15) is 24.6 Å². The van der Waals surface area contributed by atoms with Gasteiger partial charge in [-0.15, -0.1) is 0 Å². The van der Waals surface area contributed by atoms with E-state index >= 15 is 0 Å². The summed E-state index contributed by atoms with van der Waals surface area (Å²) in [5.74, 6) is -0.410.